The van der Waals surface area contributed by atoms with E-state index in [4.69, 9.17) is 4.74 Å². The molecule has 110 valence electrons. The van der Waals surface area contributed by atoms with Gasteiger partial charge in [0.25, 0.3) is 0 Å². The molecule has 2 aromatic carbocycles. The van der Waals surface area contributed by atoms with Crippen molar-refractivity contribution in [1.29, 1.82) is 0 Å². The van der Waals surface area contributed by atoms with Crippen molar-refractivity contribution in [2.45, 2.75) is 6.92 Å². The highest BCUT2D eigenvalue weighted by molar-refractivity contribution is 5.99. The summed E-state index contributed by atoms with van der Waals surface area (Å²) < 4.78 is 5.24. The van der Waals surface area contributed by atoms with Crippen molar-refractivity contribution in [1.82, 2.24) is 5.32 Å². The average Bonchev–Trinajstić information content (AvgIpc) is 2.54. The van der Waals surface area contributed by atoms with E-state index in [-0.39, 0.29) is 6.03 Å². The third kappa shape index (κ3) is 4.33. The summed E-state index contributed by atoms with van der Waals surface area (Å²) in [5.74, 6) is 0. The highest BCUT2D eigenvalue weighted by Gasteiger charge is 2.16. The predicted molar refractivity (Wildman–Crippen MR) is 84.9 cm³/mol. The van der Waals surface area contributed by atoms with Gasteiger partial charge in [-0.1, -0.05) is 36.4 Å². The van der Waals surface area contributed by atoms with Crippen molar-refractivity contribution < 1.29 is 9.53 Å². The molecule has 0 atom stereocenters. The Labute approximate surface area is 125 Å². The van der Waals surface area contributed by atoms with Crippen LogP contribution in [0.25, 0.3) is 0 Å². The zero-order valence-corrected chi connectivity index (χ0v) is 12.2. The van der Waals surface area contributed by atoms with Gasteiger partial charge in [-0.15, -0.1) is 0 Å². The molecule has 2 aromatic rings. The number of amides is 2. The van der Waals surface area contributed by atoms with Gasteiger partial charge < -0.3 is 10.1 Å². The number of hydrogen-bond acceptors (Lipinski definition) is 2. The normalized spacial score (nSPS) is 10.1. The first-order valence-corrected chi connectivity index (χ1v) is 7.08. The average molecular weight is 284 g/mol. The summed E-state index contributed by atoms with van der Waals surface area (Å²) in [5, 5.41) is 2.88. The predicted octanol–water partition coefficient (Wildman–Crippen LogP) is 3.57. The molecule has 21 heavy (non-hydrogen) atoms. The third-order valence-electron chi connectivity index (χ3n) is 2.96. The SMILES string of the molecule is CCOCCNC(=O)N(c1ccccc1)c1ccccc1. The Kier molecular flexibility index (Phi) is 5.79. The van der Waals surface area contributed by atoms with Crippen molar-refractivity contribution in [2.24, 2.45) is 0 Å². The van der Waals surface area contributed by atoms with Crippen LogP contribution in [0, 0.1) is 0 Å². The highest BCUT2D eigenvalue weighted by atomic mass is 16.5. The van der Waals surface area contributed by atoms with E-state index in [0.717, 1.165) is 11.4 Å². The summed E-state index contributed by atoms with van der Waals surface area (Å²) >= 11 is 0. The molecule has 0 saturated carbocycles. The molecule has 0 fully saturated rings. The Morgan fingerprint density at radius 1 is 1.00 bits per heavy atom. The standard InChI is InChI=1S/C17H20N2O2/c1-2-21-14-13-18-17(20)19(15-9-5-3-6-10-15)16-11-7-4-8-12-16/h3-12H,2,13-14H2,1H3,(H,18,20). The number of benzene rings is 2. The maximum Gasteiger partial charge on any atom is 0.326 e. The van der Waals surface area contributed by atoms with Gasteiger partial charge in [0.15, 0.2) is 0 Å². The summed E-state index contributed by atoms with van der Waals surface area (Å²) in [6.07, 6.45) is 0. The minimum absolute atomic E-state index is 0.160. The summed E-state index contributed by atoms with van der Waals surface area (Å²) in [4.78, 5) is 14.1. The summed E-state index contributed by atoms with van der Waals surface area (Å²) in [7, 11) is 0. The van der Waals surface area contributed by atoms with Gasteiger partial charge in [0.1, 0.15) is 0 Å². The largest absolute Gasteiger partial charge is 0.380 e. The Morgan fingerprint density at radius 2 is 1.52 bits per heavy atom. The van der Waals surface area contributed by atoms with Gasteiger partial charge in [-0.3, -0.25) is 4.90 Å². The lowest BCUT2D eigenvalue weighted by molar-refractivity contribution is 0.150. The molecule has 0 spiro atoms. The number of urea groups is 1. The lowest BCUT2D eigenvalue weighted by atomic mass is 10.2. The van der Waals surface area contributed by atoms with Crippen molar-refractivity contribution in [3.8, 4) is 0 Å². The molecule has 0 radical (unpaired) electrons. The van der Waals surface area contributed by atoms with Crippen LogP contribution in [0.1, 0.15) is 6.92 Å². The molecule has 1 N–H and O–H groups in total. The molecule has 4 nitrogen and oxygen atoms in total. The van der Waals surface area contributed by atoms with Gasteiger partial charge in [0.05, 0.1) is 18.0 Å². The lowest BCUT2D eigenvalue weighted by Crippen LogP contribution is -2.38. The molecular weight excluding hydrogens is 264 g/mol. The van der Waals surface area contributed by atoms with Crippen LogP contribution in [0.15, 0.2) is 60.7 Å². The topological polar surface area (TPSA) is 41.6 Å². The number of nitrogens with one attached hydrogen (secondary N) is 1. The molecule has 0 saturated heterocycles. The number of rotatable bonds is 6. The van der Waals surface area contributed by atoms with Crippen LogP contribution < -0.4 is 10.2 Å². The second-order valence-electron chi connectivity index (χ2n) is 4.44. The van der Waals surface area contributed by atoms with Gasteiger partial charge in [-0.2, -0.15) is 0 Å². The molecule has 2 amide bonds. The quantitative estimate of drug-likeness (QED) is 0.824. The first-order valence-electron chi connectivity index (χ1n) is 7.08. The molecule has 4 heteroatoms. The van der Waals surface area contributed by atoms with Gasteiger partial charge in [0.2, 0.25) is 0 Å². The smallest absolute Gasteiger partial charge is 0.326 e. The molecule has 0 heterocycles. The van der Waals surface area contributed by atoms with Crippen LogP contribution >= 0.6 is 0 Å². The van der Waals surface area contributed by atoms with Crippen molar-refractivity contribution in [3.05, 3.63) is 60.7 Å². The fourth-order valence-electron chi connectivity index (χ4n) is 1.99. The number of carbonyl (C=O) groups excluding carboxylic acids is 1. The first-order chi connectivity index (χ1) is 10.3. The maximum atomic E-state index is 12.5. The third-order valence-corrected chi connectivity index (χ3v) is 2.96. The second-order valence-corrected chi connectivity index (χ2v) is 4.44. The lowest BCUT2D eigenvalue weighted by Gasteiger charge is -2.23. The Morgan fingerprint density at radius 3 is 2.00 bits per heavy atom. The number of carbonyl (C=O) groups is 1. The fraction of sp³-hybridized carbons (Fsp3) is 0.235. The summed E-state index contributed by atoms with van der Waals surface area (Å²) in [6.45, 7) is 3.58. The van der Waals surface area contributed by atoms with Crippen molar-refractivity contribution in [3.63, 3.8) is 0 Å². The van der Waals surface area contributed by atoms with E-state index in [2.05, 4.69) is 5.32 Å². The zero-order valence-electron chi connectivity index (χ0n) is 12.2. The van der Waals surface area contributed by atoms with Crippen LogP contribution in [0.2, 0.25) is 0 Å². The molecular formula is C17H20N2O2. The Hall–Kier alpha value is -2.33. The number of ether oxygens (including phenoxy) is 1. The highest BCUT2D eigenvalue weighted by Crippen LogP contribution is 2.24. The number of hydrogen-bond donors (Lipinski definition) is 1. The molecule has 0 aromatic heterocycles. The van der Waals surface area contributed by atoms with Gasteiger partial charge in [-0.25, -0.2) is 4.79 Å². The van der Waals surface area contributed by atoms with Crippen LogP contribution in [0.3, 0.4) is 0 Å². The van der Waals surface area contributed by atoms with Gasteiger partial charge >= 0.3 is 6.03 Å². The van der Waals surface area contributed by atoms with Crippen molar-refractivity contribution in [2.75, 3.05) is 24.7 Å². The number of anilines is 2. The van der Waals surface area contributed by atoms with Crippen LogP contribution in [0.4, 0.5) is 16.2 Å². The molecule has 2 rings (SSSR count). The van der Waals surface area contributed by atoms with E-state index >= 15 is 0 Å². The van der Waals surface area contributed by atoms with E-state index in [1.54, 1.807) is 4.90 Å². The Balaban J connectivity index is 2.15. The van der Waals surface area contributed by atoms with E-state index in [1.165, 1.54) is 0 Å². The molecule has 0 aliphatic rings. The minimum atomic E-state index is -0.160. The second kappa shape index (κ2) is 8.07. The maximum absolute atomic E-state index is 12.5. The number of nitrogens with zero attached hydrogens (tertiary/aromatic N) is 1. The number of para-hydroxylation sites is 2. The van der Waals surface area contributed by atoms with E-state index < -0.39 is 0 Å². The summed E-state index contributed by atoms with van der Waals surface area (Å²) in [6, 6.07) is 19.0. The van der Waals surface area contributed by atoms with E-state index in [1.807, 2.05) is 67.6 Å². The molecule has 0 bridgehead atoms. The Bertz CT molecular complexity index is 504. The van der Waals surface area contributed by atoms with Crippen LogP contribution in [-0.4, -0.2) is 25.8 Å². The van der Waals surface area contributed by atoms with Gasteiger partial charge in [0, 0.05) is 13.2 Å². The first kappa shape index (κ1) is 15.1. The van der Waals surface area contributed by atoms with Crippen molar-refractivity contribution >= 4 is 17.4 Å². The van der Waals surface area contributed by atoms with E-state index in [9.17, 15) is 4.79 Å². The molecule has 0 aliphatic heterocycles. The fourth-order valence-corrected chi connectivity index (χ4v) is 1.99. The zero-order chi connectivity index (χ0) is 14.9. The van der Waals surface area contributed by atoms with Crippen LogP contribution in [-0.2, 0) is 4.74 Å². The molecule has 0 unspecified atom stereocenters. The minimum Gasteiger partial charge on any atom is -0.380 e. The monoisotopic (exact) mass is 284 g/mol. The van der Waals surface area contributed by atoms with Crippen LogP contribution in [0.5, 0.6) is 0 Å². The molecule has 0 aliphatic carbocycles. The summed E-state index contributed by atoms with van der Waals surface area (Å²) in [5.41, 5.74) is 1.66. The van der Waals surface area contributed by atoms with E-state index in [0.29, 0.717) is 19.8 Å². The van der Waals surface area contributed by atoms with Gasteiger partial charge in [-0.05, 0) is 31.2 Å².